The number of aryl methyl sites for hydroxylation is 1. The van der Waals surface area contributed by atoms with Gasteiger partial charge < -0.3 is 14.6 Å². The molecule has 1 atom stereocenters. The predicted octanol–water partition coefficient (Wildman–Crippen LogP) is 7.00. The molecular weight excluding hydrogens is 535 g/mol. The van der Waals surface area contributed by atoms with Gasteiger partial charge in [-0.05, 0) is 69.7 Å². The molecule has 0 fully saturated rings. The number of imidazole rings is 1. The van der Waals surface area contributed by atoms with Gasteiger partial charge in [-0.25, -0.2) is 4.98 Å². The number of carbonyl (C=O) groups excluding carboxylic acids is 2. The quantitative estimate of drug-likeness (QED) is 0.285. The number of nitrogens with zero attached hydrogens (tertiary/aromatic N) is 3. The molecule has 7 nitrogen and oxygen atoms in total. The summed E-state index contributed by atoms with van der Waals surface area (Å²) in [5, 5.41) is 3.93. The Labute approximate surface area is 236 Å². The highest BCUT2D eigenvalue weighted by molar-refractivity contribution is 6.32. The lowest BCUT2D eigenvalue weighted by molar-refractivity contribution is -0.119. The van der Waals surface area contributed by atoms with Gasteiger partial charge in [-0.1, -0.05) is 47.5 Å². The van der Waals surface area contributed by atoms with Gasteiger partial charge in [0.25, 0.3) is 11.8 Å². The molecule has 1 unspecified atom stereocenters. The van der Waals surface area contributed by atoms with Crippen molar-refractivity contribution in [3.63, 3.8) is 0 Å². The monoisotopic (exact) mass is 560 g/mol. The van der Waals surface area contributed by atoms with Crippen LogP contribution in [0.15, 0.2) is 60.7 Å². The van der Waals surface area contributed by atoms with Gasteiger partial charge in [0, 0.05) is 27.3 Å². The first-order chi connectivity index (χ1) is 18.7. The maximum absolute atomic E-state index is 14.4. The number of hydrogen-bond acceptors (Lipinski definition) is 4. The minimum Gasteiger partial charge on any atom is -0.493 e. The van der Waals surface area contributed by atoms with Crippen molar-refractivity contribution in [2.45, 2.75) is 39.3 Å². The molecule has 198 valence electrons. The summed E-state index contributed by atoms with van der Waals surface area (Å²) in [5.74, 6) is 0.461. The van der Waals surface area contributed by atoms with Crippen LogP contribution in [0.1, 0.15) is 54.1 Å². The SMILES string of the molecule is CCOc1ccccc1-c1nc2c(n1C(C)C)C1(C(=O)Nc3cc(Cl)ccc31)N(c1cc(Cl)ccc1C)C2=O. The van der Waals surface area contributed by atoms with Crippen LogP contribution in [-0.2, 0) is 10.3 Å². The maximum Gasteiger partial charge on any atom is 0.280 e. The highest BCUT2D eigenvalue weighted by Crippen LogP contribution is 2.55. The molecule has 2 amide bonds. The molecule has 0 saturated carbocycles. The number of amides is 2. The van der Waals surface area contributed by atoms with Crippen molar-refractivity contribution < 1.29 is 14.3 Å². The summed E-state index contributed by atoms with van der Waals surface area (Å²) in [6, 6.07) is 18.0. The van der Waals surface area contributed by atoms with Crippen molar-refractivity contribution in [2.24, 2.45) is 0 Å². The molecule has 0 saturated heterocycles. The number of ether oxygens (including phenoxy) is 1. The van der Waals surface area contributed by atoms with Gasteiger partial charge in [-0.15, -0.1) is 0 Å². The van der Waals surface area contributed by atoms with Crippen LogP contribution in [0, 0.1) is 6.92 Å². The van der Waals surface area contributed by atoms with Crippen LogP contribution >= 0.6 is 23.2 Å². The zero-order valence-electron chi connectivity index (χ0n) is 21.9. The predicted molar refractivity (Wildman–Crippen MR) is 153 cm³/mol. The van der Waals surface area contributed by atoms with Crippen LogP contribution in [-0.4, -0.2) is 28.0 Å². The summed E-state index contributed by atoms with van der Waals surface area (Å²) in [5.41, 5.74) is 2.42. The van der Waals surface area contributed by atoms with Gasteiger partial charge in [0.05, 0.1) is 23.6 Å². The highest BCUT2D eigenvalue weighted by Gasteiger charge is 2.64. The Morgan fingerprint density at radius 1 is 1.03 bits per heavy atom. The lowest BCUT2D eigenvalue weighted by Crippen LogP contribution is -2.51. The molecule has 39 heavy (non-hydrogen) atoms. The molecule has 2 aliphatic heterocycles. The van der Waals surface area contributed by atoms with Crippen LogP contribution in [0.2, 0.25) is 10.0 Å². The van der Waals surface area contributed by atoms with E-state index in [1.54, 1.807) is 30.3 Å². The number of benzene rings is 3. The summed E-state index contributed by atoms with van der Waals surface area (Å²) in [4.78, 5) is 35.2. The van der Waals surface area contributed by atoms with Crippen molar-refractivity contribution in [1.82, 2.24) is 9.55 Å². The van der Waals surface area contributed by atoms with Crippen LogP contribution < -0.4 is 15.0 Å². The van der Waals surface area contributed by atoms with E-state index >= 15 is 0 Å². The molecule has 4 aromatic rings. The van der Waals surface area contributed by atoms with E-state index in [1.807, 2.05) is 62.6 Å². The molecule has 3 heterocycles. The largest absolute Gasteiger partial charge is 0.493 e. The number of fused-ring (bicyclic) bond motifs is 4. The second-order valence-corrected chi connectivity index (χ2v) is 10.8. The molecule has 6 rings (SSSR count). The van der Waals surface area contributed by atoms with Crippen molar-refractivity contribution in [3.05, 3.63) is 93.2 Å². The van der Waals surface area contributed by atoms with E-state index in [4.69, 9.17) is 32.9 Å². The van der Waals surface area contributed by atoms with E-state index in [0.717, 1.165) is 11.1 Å². The minimum atomic E-state index is -1.53. The molecule has 1 aromatic heterocycles. The fourth-order valence-electron chi connectivity index (χ4n) is 5.76. The van der Waals surface area contributed by atoms with E-state index in [2.05, 4.69) is 5.32 Å². The smallest absolute Gasteiger partial charge is 0.280 e. The summed E-state index contributed by atoms with van der Waals surface area (Å²) in [6.45, 7) is 8.30. The number of anilines is 2. The van der Waals surface area contributed by atoms with Crippen molar-refractivity contribution in [2.75, 3.05) is 16.8 Å². The number of rotatable bonds is 5. The first kappa shape index (κ1) is 25.5. The van der Waals surface area contributed by atoms with Gasteiger partial charge in [0.2, 0.25) is 0 Å². The topological polar surface area (TPSA) is 76.5 Å². The van der Waals surface area contributed by atoms with Crippen molar-refractivity contribution in [3.8, 4) is 17.1 Å². The molecule has 1 N–H and O–H groups in total. The normalized spacial score (nSPS) is 17.7. The first-order valence-corrected chi connectivity index (χ1v) is 13.5. The van der Waals surface area contributed by atoms with Crippen LogP contribution in [0.4, 0.5) is 11.4 Å². The first-order valence-electron chi connectivity index (χ1n) is 12.8. The molecule has 0 aliphatic carbocycles. The standard InChI is InChI=1S/C30H26Cl2N4O3/c1-5-39-24-9-7-6-8-20(24)27-34-25-26(35(27)16(2)3)30(21-13-12-18(31)14-22(21)33-29(30)38)36(28(25)37)23-15-19(32)11-10-17(23)4/h6-16H,5H2,1-4H3,(H,33,38). The Hall–Kier alpha value is -3.81. The highest BCUT2D eigenvalue weighted by atomic mass is 35.5. The van der Waals surface area contributed by atoms with Crippen LogP contribution in [0.5, 0.6) is 5.75 Å². The van der Waals surface area contributed by atoms with E-state index in [1.165, 1.54) is 4.90 Å². The Kier molecular flexibility index (Phi) is 5.97. The van der Waals surface area contributed by atoms with Crippen LogP contribution in [0.25, 0.3) is 11.4 Å². The summed E-state index contributed by atoms with van der Waals surface area (Å²) >= 11 is 12.8. The Balaban J connectivity index is 1.73. The third kappa shape index (κ3) is 3.53. The van der Waals surface area contributed by atoms with Crippen molar-refractivity contribution >= 4 is 46.4 Å². The Bertz CT molecular complexity index is 1680. The van der Waals surface area contributed by atoms with E-state index in [-0.39, 0.29) is 23.6 Å². The van der Waals surface area contributed by atoms with Gasteiger partial charge >= 0.3 is 0 Å². The number of nitrogens with one attached hydrogen (secondary N) is 1. The van der Waals surface area contributed by atoms with Crippen molar-refractivity contribution in [1.29, 1.82) is 0 Å². The summed E-state index contributed by atoms with van der Waals surface area (Å²) in [7, 11) is 0. The van der Waals surface area contributed by atoms with E-state index < -0.39 is 5.54 Å². The lowest BCUT2D eigenvalue weighted by Gasteiger charge is -2.36. The molecule has 0 radical (unpaired) electrons. The lowest BCUT2D eigenvalue weighted by atomic mass is 9.86. The molecule has 9 heteroatoms. The summed E-state index contributed by atoms with van der Waals surface area (Å²) in [6.07, 6.45) is 0. The Morgan fingerprint density at radius 3 is 2.49 bits per heavy atom. The van der Waals surface area contributed by atoms with Gasteiger partial charge in [-0.2, -0.15) is 0 Å². The third-order valence-corrected chi connectivity index (χ3v) is 7.77. The zero-order chi connectivity index (χ0) is 27.6. The second kappa shape index (κ2) is 9.14. The zero-order valence-corrected chi connectivity index (χ0v) is 23.4. The number of para-hydroxylation sites is 1. The second-order valence-electron chi connectivity index (χ2n) is 9.95. The van der Waals surface area contributed by atoms with Gasteiger partial charge in [0.15, 0.2) is 11.2 Å². The fourth-order valence-corrected chi connectivity index (χ4v) is 6.10. The molecule has 2 aliphatic rings. The molecule has 1 spiro atoms. The third-order valence-electron chi connectivity index (χ3n) is 7.30. The number of halogens is 2. The van der Waals surface area contributed by atoms with Gasteiger partial charge in [-0.3, -0.25) is 14.5 Å². The van der Waals surface area contributed by atoms with Crippen LogP contribution in [0.3, 0.4) is 0 Å². The molecular formula is C30H26Cl2N4O3. The van der Waals surface area contributed by atoms with E-state index in [9.17, 15) is 9.59 Å². The number of hydrogen-bond donors (Lipinski definition) is 1. The fraction of sp³-hybridized carbons (Fsp3) is 0.233. The average molecular weight is 561 g/mol. The number of aromatic nitrogens is 2. The Morgan fingerprint density at radius 2 is 1.74 bits per heavy atom. The maximum atomic E-state index is 14.4. The number of carbonyl (C=O) groups is 2. The molecule has 3 aromatic carbocycles. The van der Waals surface area contributed by atoms with Gasteiger partial charge in [0.1, 0.15) is 11.6 Å². The average Bonchev–Trinajstić information content (AvgIpc) is 3.50. The summed E-state index contributed by atoms with van der Waals surface area (Å²) < 4.78 is 7.90. The van der Waals surface area contributed by atoms with E-state index in [0.29, 0.717) is 50.9 Å². The molecule has 0 bridgehead atoms. The minimum absolute atomic E-state index is 0.153.